The summed E-state index contributed by atoms with van der Waals surface area (Å²) in [4.78, 5) is 21.1. The van der Waals surface area contributed by atoms with Crippen molar-refractivity contribution >= 4 is 43.4 Å². The molecule has 1 aliphatic rings. The molecule has 7 heteroatoms. The van der Waals surface area contributed by atoms with Crippen LogP contribution in [0.25, 0.3) is 0 Å². The Morgan fingerprint density at radius 1 is 1.14 bits per heavy atom. The second-order valence-electron chi connectivity index (χ2n) is 5.07. The minimum absolute atomic E-state index is 0.147. The topological polar surface area (TPSA) is 35.9 Å². The maximum atomic E-state index is 12.3. The number of para-hydroxylation sites is 1. The van der Waals surface area contributed by atoms with Crippen LogP contribution in [-0.4, -0.2) is 48.3 Å². The molecule has 1 aliphatic heterocycles. The first-order chi connectivity index (χ1) is 10.7. The summed E-state index contributed by atoms with van der Waals surface area (Å²) in [5, 5.41) is 0.147. The summed E-state index contributed by atoms with van der Waals surface area (Å²) >= 11 is 1.32. The van der Waals surface area contributed by atoms with Gasteiger partial charge in [-0.05, 0) is 37.0 Å². The molecular weight excluding hydrogens is 334 g/mol. The van der Waals surface area contributed by atoms with Crippen LogP contribution < -0.4 is 4.67 Å². The molecule has 1 aromatic carbocycles. The maximum absolute atomic E-state index is 12.3. The monoisotopic (exact) mass is 351 g/mol. The average molecular weight is 352 g/mol. The van der Waals surface area contributed by atoms with Crippen molar-refractivity contribution in [2.75, 3.05) is 33.2 Å². The van der Waals surface area contributed by atoms with E-state index < -0.39 is 0 Å². The average Bonchev–Trinajstić information content (AvgIpc) is 2.96. The summed E-state index contributed by atoms with van der Waals surface area (Å²) in [5.41, 5.74) is 0.943. The predicted octanol–water partition coefficient (Wildman–Crippen LogP) is 3.50. The van der Waals surface area contributed by atoms with E-state index in [1.54, 1.807) is 20.7 Å². The first kappa shape index (κ1) is 15.7. The number of piperazine rings is 1. The molecule has 0 radical (unpaired) electrons. The van der Waals surface area contributed by atoms with Gasteiger partial charge in [-0.25, -0.2) is 4.99 Å². The van der Waals surface area contributed by atoms with Crippen LogP contribution in [0.4, 0.5) is 10.5 Å². The Labute approximate surface area is 141 Å². The summed E-state index contributed by atoms with van der Waals surface area (Å²) < 4.78 is 1.97. The lowest BCUT2D eigenvalue weighted by Gasteiger charge is -2.31. The zero-order valence-electron chi connectivity index (χ0n) is 12.3. The molecule has 1 amide bonds. The third kappa shape index (κ3) is 4.19. The molecule has 0 N–H and O–H groups in total. The maximum Gasteiger partial charge on any atom is 0.287 e. The van der Waals surface area contributed by atoms with E-state index in [0.717, 1.165) is 40.7 Å². The molecule has 22 heavy (non-hydrogen) atoms. The highest BCUT2D eigenvalue weighted by Crippen LogP contribution is 2.27. The summed E-state index contributed by atoms with van der Waals surface area (Å²) in [5.74, 6) is 0. The SMILES string of the molecule is CN1CCN(C(=O)Sc2cc(=Nc3ccccc3)ss2)CC1. The molecule has 1 saturated heterocycles. The minimum atomic E-state index is 0.147. The van der Waals surface area contributed by atoms with Gasteiger partial charge in [-0.15, -0.1) is 0 Å². The third-order valence-corrected chi connectivity index (χ3v) is 7.01. The lowest BCUT2D eigenvalue weighted by atomic mass is 10.3. The number of amides is 1. The molecule has 0 atom stereocenters. The lowest BCUT2D eigenvalue weighted by molar-refractivity contribution is 0.172. The van der Waals surface area contributed by atoms with E-state index >= 15 is 0 Å². The van der Waals surface area contributed by atoms with Gasteiger partial charge in [0.15, 0.2) is 0 Å². The number of likely N-dealkylation sites (N-methyl/N-ethyl adjacent to an activating group) is 1. The number of hydrogen-bond acceptors (Lipinski definition) is 6. The minimum Gasteiger partial charge on any atom is -0.331 e. The standard InChI is InChI=1S/C15H17N3OS3/c1-17-7-9-18(10-8-17)15(19)20-14-11-13(21-22-14)16-12-5-3-2-4-6-12/h2-6,11H,7-10H2,1H3. The first-order valence-electron chi connectivity index (χ1n) is 7.06. The number of thioether (sulfide) groups is 1. The summed E-state index contributed by atoms with van der Waals surface area (Å²) in [6, 6.07) is 11.9. The predicted molar refractivity (Wildman–Crippen MR) is 94.2 cm³/mol. The molecule has 0 unspecified atom stereocenters. The van der Waals surface area contributed by atoms with Gasteiger partial charge < -0.3 is 9.80 Å². The second kappa shape index (κ2) is 7.41. The van der Waals surface area contributed by atoms with E-state index in [9.17, 15) is 4.79 Å². The van der Waals surface area contributed by atoms with Crippen molar-refractivity contribution in [3.05, 3.63) is 41.1 Å². The fourth-order valence-corrected chi connectivity index (χ4v) is 5.40. The van der Waals surface area contributed by atoms with Crippen molar-refractivity contribution in [3.63, 3.8) is 0 Å². The van der Waals surface area contributed by atoms with Gasteiger partial charge in [0, 0.05) is 26.2 Å². The Bertz CT molecular complexity index is 687. The smallest absolute Gasteiger partial charge is 0.287 e. The van der Waals surface area contributed by atoms with Crippen LogP contribution in [0.2, 0.25) is 0 Å². The molecule has 4 nitrogen and oxygen atoms in total. The van der Waals surface area contributed by atoms with Crippen molar-refractivity contribution < 1.29 is 4.79 Å². The fraction of sp³-hybridized carbons (Fsp3) is 0.333. The van der Waals surface area contributed by atoms with Gasteiger partial charge in [0.1, 0.15) is 4.67 Å². The fourth-order valence-electron chi connectivity index (χ4n) is 2.10. The van der Waals surface area contributed by atoms with Crippen LogP contribution in [0.15, 0.2) is 45.6 Å². The van der Waals surface area contributed by atoms with Crippen molar-refractivity contribution in [2.24, 2.45) is 4.99 Å². The second-order valence-corrected chi connectivity index (χ2v) is 8.52. The third-order valence-electron chi connectivity index (χ3n) is 3.40. The summed E-state index contributed by atoms with van der Waals surface area (Å²) in [7, 11) is 5.31. The Kier molecular flexibility index (Phi) is 5.30. The van der Waals surface area contributed by atoms with Gasteiger partial charge in [-0.3, -0.25) is 4.79 Å². The lowest BCUT2D eigenvalue weighted by Crippen LogP contribution is -2.45. The highest BCUT2D eigenvalue weighted by molar-refractivity contribution is 8.15. The molecule has 0 saturated carbocycles. The van der Waals surface area contributed by atoms with Crippen LogP contribution in [0.3, 0.4) is 0 Å². The highest BCUT2D eigenvalue weighted by atomic mass is 32.9. The molecular formula is C15H17N3OS3. The number of rotatable bonds is 2. The molecule has 2 heterocycles. The van der Waals surface area contributed by atoms with Crippen LogP contribution in [-0.2, 0) is 0 Å². The molecule has 0 bridgehead atoms. The summed E-state index contributed by atoms with van der Waals surface area (Å²) in [6.07, 6.45) is 0. The number of carbonyl (C=O) groups is 1. The van der Waals surface area contributed by atoms with E-state index in [4.69, 9.17) is 0 Å². The van der Waals surface area contributed by atoms with Crippen LogP contribution in [0.1, 0.15) is 0 Å². The van der Waals surface area contributed by atoms with E-state index in [2.05, 4.69) is 16.9 Å². The number of benzene rings is 1. The van der Waals surface area contributed by atoms with Crippen molar-refractivity contribution in [1.29, 1.82) is 0 Å². The van der Waals surface area contributed by atoms with Crippen molar-refractivity contribution in [1.82, 2.24) is 9.80 Å². The Hall–Kier alpha value is -1.15. The van der Waals surface area contributed by atoms with Crippen LogP contribution >= 0.6 is 32.4 Å². The highest BCUT2D eigenvalue weighted by Gasteiger charge is 2.20. The zero-order chi connectivity index (χ0) is 15.4. The Morgan fingerprint density at radius 2 is 1.86 bits per heavy atom. The number of nitrogens with zero attached hydrogens (tertiary/aromatic N) is 3. The van der Waals surface area contributed by atoms with Gasteiger partial charge in [0.2, 0.25) is 0 Å². The van der Waals surface area contributed by atoms with Crippen molar-refractivity contribution in [2.45, 2.75) is 4.21 Å². The quantitative estimate of drug-likeness (QED) is 0.614. The summed E-state index contributed by atoms with van der Waals surface area (Å²) in [6.45, 7) is 3.54. The van der Waals surface area contributed by atoms with E-state index in [1.165, 1.54) is 11.8 Å². The van der Waals surface area contributed by atoms with Crippen LogP contribution in [0, 0.1) is 0 Å². The largest absolute Gasteiger partial charge is 0.331 e. The van der Waals surface area contributed by atoms with Gasteiger partial charge in [-0.1, -0.05) is 38.9 Å². The first-order valence-corrected chi connectivity index (χ1v) is 10.0. The van der Waals surface area contributed by atoms with Crippen molar-refractivity contribution in [3.8, 4) is 0 Å². The van der Waals surface area contributed by atoms with E-state index in [0.29, 0.717) is 0 Å². The van der Waals surface area contributed by atoms with Crippen LogP contribution in [0.5, 0.6) is 0 Å². The molecule has 1 aromatic heterocycles. The zero-order valence-corrected chi connectivity index (χ0v) is 14.7. The molecule has 1 fully saturated rings. The number of hydrogen-bond donors (Lipinski definition) is 0. The van der Waals surface area contributed by atoms with Gasteiger partial charge in [0.05, 0.1) is 9.90 Å². The van der Waals surface area contributed by atoms with E-state index in [1.807, 2.05) is 41.3 Å². The van der Waals surface area contributed by atoms with Gasteiger partial charge in [-0.2, -0.15) is 0 Å². The molecule has 0 spiro atoms. The Balaban J connectivity index is 1.64. The van der Waals surface area contributed by atoms with E-state index in [-0.39, 0.29) is 5.24 Å². The molecule has 3 rings (SSSR count). The normalized spacial score (nSPS) is 17.0. The van der Waals surface area contributed by atoms with Gasteiger partial charge >= 0.3 is 0 Å². The van der Waals surface area contributed by atoms with Gasteiger partial charge in [0.25, 0.3) is 5.24 Å². The molecule has 0 aliphatic carbocycles. The Morgan fingerprint density at radius 3 is 2.59 bits per heavy atom. The molecule has 116 valence electrons. The molecule has 2 aromatic rings. The number of carbonyl (C=O) groups excluding carboxylic acids is 1.